The second kappa shape index (κ2) is 14.6. The van der Waals surface area contributed by atoms with E-state index >= 15 is 0 Å². The average Bonchev–Trinajstić information content (AvgIpc) is 3.47. The van der Waals surface area contributed by atoms with Crippen molar-refractivity contribution >= 4 is 89.3 Å². The van der Waals surface area contributed by atoms with E-state index in [-0.39, 0.29) is 18.4 Å². The molecular weight excluding hydrogens is 730 g/mol. The van der Waals surface area contributed by atoms with Gasteiger partial charge in [-0.1, -0.05) is 57.4 Å². The first-order valence-electron chi connectivity index (χ1n) is 13.1. The Morgan fingerprint density at radius 1 is 0.977 bits per heavy atom. The molecule has 8 nitrogen and oxygen atoms in total. The van der Waals surface area contributed by atoms with Gasteiger partial charge in [0.05, 0.1) is 16.4 Å². The highest BCUT2D eigenvalue weighted by atomic mass is 79.9. The van der Waals surface area contributed by atoms with Gasteiger partial charge >= 0.3 is 0 Å². The number of rotatable bonds is 10. The zero-order chi connectivity index (χ0) is 31.1. The molecule has 12 heteroatoms. The molecule has 1 heterocycles. The number of carbonyl (C=O) groups is 2. The van der Waals surface area contributed by atoms with Crippen molar-refractivity contribution in [2.45, 2.75) is 6.92 Å². The van der Waals surface area contributed by atoms with Crippen LogP contribution in [-0.2, 0) is 4.79 Å². The van der Waals surface area contributed by atoms with Crippen molar-refractivity contribution in [2.24, 2.45) is 5.10 Å². The summed E-state index contributed by atoms with van der Waals surface area (Å²) in [6, 6.07) is 25.5. The topological polar surface area (TPSA) is 105 Å². The van der Waals surface area contributed by atoms with Gasteiger partial charge in [0.2, 0.25) is 0 Å². The molecule has 0 saturated heterocycles. The van der Waals surface area contributed by atoms with Gasteiger partial charge in [-0.15, -0.1) is 11.3 Å². The molecule has 0 aliphatic rings. The lowest BCUT2D eigenvalue weighted by atomic mass is 10.1. The van der Waals surface area contributed by atoms with Crippen LogP contribution in [0.1, 0.15) is 21.5 Å². The number of nitrogens with zero attached hydrogens (tertiary/aromatic N) is 2. The second-order valence-corrected chi connectivity index (χ2v) is 12.5. The van der Waals surface area contributed by atoms with Crippen LogP contribution < -0.4 is 20.8 Å². The van der Waals surface area contributed by atoms with Crippen LogP contribution in [0.5, 0.6) is 5.75 Å². The SMILES string of the molecule is Cc1ccc(Nc2nc(-c3ccc(C(=O)N/N=C/c4cc(Br)cc(Br)c4OCC(=O)Nc4ccc(Cl)cc4)cc3)cs2)cc1. The molecular formula is C32H24Br2ClN5O3S. The molecule has 0 spiro atoms. The smallest absolute Gasteiger partial charge is 0.271 e. The van der Waals surface area contributed by atoms with Crippen molar-refractivity contribution < 1.29 is 14.3 Å². The lowest BCUT2D eigenvalue weighted by Crippen LogP contribution is -2.21. The summed E-state index contributed by atoms with van der Waals surface area (Å²) in [4.78, 5) is 29.9. The third-order valence-electron chi connectivity index (χ3n) is 6.13. The van der Waals surface area contributed by atoms with E-state index < -0.39 is 0 Å². The maximum atomic E-state index is 12.8. The summed E-state index contributed by atoms with van der Waals surface area (Å²) in [6.07, 6.45) is 1.45. The fourth-order valence-electron chi connectivity index (χ4n) is 3.94. The largest absolute Gasteiger partial charge is 0.482 e. The Hall–Kier alpha value is -4.03. The van der Waals surface area contributed by atoms with E-state index in [1.165, 1.54) is 23.1 Å². The van der Waals surface area contributed by atoms with Gasteiger partial charge in [0.25, 0.3) is 11.8 Å². The molecule has 5 aromatic rings. The molecule has 44 heavy (non-hydrogen) atoms. The maximum absolute atomic E-state index is 12.8. The highest BCUT2D eigenvalue weighted by Gasteiger charge is 2.13. The van der Waals surface area contributed by atoms with E-state index in [0.717, 1.165) is 26.5 Å². The molecule has 0 aliphatic heterocycles. The lowest BCUT2D eigenvalue weighted by molar-refractivity contribution is -0.118. The summed E-state index contributed by atoms with van der Waals surface area (Å²) < 4.78 is 7.16. The summed E-state index contributed by atoms with van der Waals surface area (Å²) in [7, 11) is 0. The number of benzene rings is 4. The Labute approximate surface area is 279 Å². The molecule has 0 fully saturated rings. The average molecular weight is 754 g/mol. The van der Waals surface area contributed by atoms with Crippen LogP contribution in [0.3, 0.4) is 0 Å². The minimum Gasteiger partial charge on any atom is -0.482 e. The standard InChI is InChI=1S/C32H24Br2ClN5O3S/c1-19-2-10-26(11-3-19)38-32-39-28(18-44-32)20-4-6-21(7-5-20)31(42)40-36-16-22-14-23(33)15-27(34)30(22)43-17-29(41)37-25-12-8-24(35)9-13-25/h2-16,18H,17H2,1H3,(H,37,41)(H,38,39)(H,40,42)/b36-16+. The number of aromatic nitrogens is 1. The summed E-state index contributed by atoms with van der Waals surface area (Å²) in [6.45, 7) is 1.80. The highest BCUT2D eigenvalue weighted by Crippen LogP contribution is 2.32. The minimum absolute atomic E-state index is 0.245. The zero-order valence-corrected chi connectivity index (χ0v) is 27.9. The number of anilines is 3. The summed E-state index contributed by atoms with van der Waals surface area (Å²) in [5, 5.41) is 13.5. The fourth-order valence-corrected chi connectivity index (χ4v) is 6.18. The molecule has 2 amide bonds. The fraction of sp³-hybridized carbons (Fsp3) is 0.0625. The van der Waals surface area contributed by atoms with Gasteiger partial charge in [0, 0.05) is 42.9 Å². The number of halogens is 3. The van der Waals surface area contributed by atoms with Crippen LogP contribution in [0.25, 0.3) is 11.3 Å². The van der Waals surface area contributed by atoms with Gasteiger partial charge in [-0.05, 0) is 83.5 Å². The first-order valence-corrected chi connectivity index (χ1v) is 16.0. The third-order valence-corrected chi connectivity index (χ3v) is 8.19. The van der Waals surface area contributed by atoms with Crippen molar-refractivity contribution in [3.63, 3.8) is 0 Å². The number of nitrogens with one attached hydrogen (secondary N) is 3. The van der Waals surface area contributed by atoms with Crippen molar-refractivity contribution in [2.75, 3.05) is 17.2 Å². The van der Waals surface area contributed by atoms with Gasteiger partial charge in [0.15, 0.2) is 11.7 Å². The molecule has 0 saturated carbocycles. The van der Waals surface area contributed by atoms with Gasteiger partial charge < -0.3 is 15.4 Å². The molecule has 0 aliphatic carbocycles. The highest BCUT2D eigenvalue weighted by molar-refractivity contribution is 9.11. The van der Waals surface area contributed by atoms with Crippen LogP contribution in [0.4, 0.5) is 16.5 Å². The Kier molecular flexibility index (Phi) is 10.4. The van der Waals surface area contributed by atoms with Crippen molar-refractivity contribution in [3.8, 4) is 17.0 Å². The van der Waals surface area contributed by atoms with Gasteiger partial charge in [-0.25, -0.2) is 10.4 Å². The van der Waals surface area contributed by atoms with Gasteiger partial charge in [-0.2, -0.15) is 5.10 Å². The predicted octanol–water partition coefficient (Wildman–Crippen LogP) is 8.82. The normalized spacial score (nSPS) is 10.9. The number of hydrogen-bond donors (Lipinski definition) is 3. The van der Waals surface area contributed by atoms with E-state index in [0.29, 0.717) is 32.1 Å². The summed E-state index contributed by atoms with van der Waals surface area (Å²) in [5.41, 5.74) is 7.98. The number of hydrogen-bond acceptors (Lipinski definition) is 7. The van der Waals surface area contributed by atoms with E-state index in [4.69, 9.17) is 16.3 Å². The van der Waals surface area contributed by atoms with E-state index in [2.05, 4.69) is 58.0 Å². The van der Waals surface area contributed by atoms with E-state index in [9.17, 15) is 9.59 Å². The van der Waals surface area contributed by atoms with Gasteiger partial charge in [0.1, 0.15) is 5.75 Å². The molecule has 1 aromatic heterocycles. The molecule has 0 bridgehead atoms. The first-order chi connectivity index (χ1) is 21.2. The summed E-state index contributed by atoms with van der Waals surface area (Å²) >= 11 is 14.3. The van der Waals surface area contributed by atoms with E-state index in [1.807, 2.05) is 48.7 Å². The first kappa shape index (κ1) is 31.4. The monoisotopic (exact) mass is 751 g/mol. The quantitative estimate of drug-likeness (QED) is 0.0977. The Balaban J connectivity index is 1.19. The van der Waals surface area contributed by atoms with Crippen molar-refractivity contribution in [1.29, 1.82) is 0 Å². The second-order valence-electron chi connectivity index (χ2n) is 9.46. The molecule has 0 unspecified atom stereocenters. The molecule has 3 N–H and O–H groups in total. The summed E-state index contributed by atoms with van der Waals surface area (Å²) in [5.74, 6) is -0.342. The van der Waals surface area contributed by atoms with E-state index in [1.54, 1.807) is 48.5 Å². The molecule has 222 valence electrons. The third kappa shape index (κ3) is 8.54. The number of aryl methyl sites for hydroxylation is 1. The lowest BCUT2D eigenvalue weighted by Gasteiger charge is -2.12. The zero-order valence-electron chi connectivity index (χ0n) is 23.1. The Morgan fingerprint density at radius 2 is 1.68 bits per heavy atom. The van der Waals surface area contributed by atoms with Crippen molar-refractivity contribution in [1.82, 2.24) is 10.4 Å². The van der Waals surface area contributed by atoms with Crippen LogP contribution in [-0.4, -0.2) is 29.6 Å². The number of ether oxygens (including phenoxy) is 1. The van der Waals surface area contributed by atoms with Crippen LogP contribution >= 0.6 is 54.8 Å². The van der Waals surface area contributed by atoms with Crippen molar-refractivity contribution in [3.05, 3.63) is 121 Å². The van der Waals surface area contributed by atoms with Crippen LogP contribution in [0.2, 0.25) is 5.02 Å². The van der Waals surface area contributed by atoms with Crippen LogP contribution in [0, 0.1) is 6.92 Å². The Morgan fingerprint density at radius 3 is 2.41 bits per heavy atom. The molecule has 4 aromatic carbocycles. The van der Waals surface area contributed by atoms with Crippen LogP contribution in [0.15, 0.2) is 104 Å². The molecule has 0 atom stereocenters. The molecule has 0 radical (unpaired) electrons. The Bertz CT molecular complexity index is 1810. The number of hydrazone groups is 1. The molecule has 5 rings (SSSR count). The number of carbonyl (C=O) groups excluding carboxylic acids is 2. The van der Waals surface area contributed by atoms with Gasteiger partial charge in [-0.3, -0.25) is 9.59 Å². The predicted molar refractivity (Wildman–Crippen MR) is 184 cm³/mol. The minimum atomic E-state index is -0.383. The number of thiazole rings is 1. The maximum Gasteiger partial charge on any atom is 0.271 e. The number of amides is 2.